The molecule has 31 heavy (non-hydrogen) atoms. The van der Waals surface area contributed by atoms with Crippen LogP contribution in [0.2, 0.25) is 0 Å². The van der Waals surface area contributed by atoms with Crippen LogP contribution in [0.25, 0.3) is 11.4 Å². The molecule has 1 aliphatic rings. The Morgan fingerprint density at radius 2 is 1.94 bits per heavy atom. The Balaban J connectivity index is 1.42. The van der Waals surface area contributed by atoms with E-state index in [9.17, 15) is 9.18 Å². The monoisotopic (exact) mass is 423 g/mol. The van der Waals surface area contributed by atoms with Gasteiger partial charge >= 0.3 is 0 Å². The molecule has 7 heteroatoms. The molecule has 0 radical (unpaired) electrons. The fraction of sp³-hybridized carbons (Fsp3) is 0.375. The molecule has 1 amide bonds. The predicted molar refractivity (Wildman–Crippen MR) is 114 cm³/mol. The van der Waals surface area contributed by atoms with Crippen molar-refractivity contribution in [2.24, 2.45) is 0 Å². The van der Waals surface area contributed by atoms with E-state index in [4.69, 9.17) is 9.26 Å². The van der Waals surface area contributed by atoms with Crippen LogP contribution in [0.1, 0.15) is 56.5 Å². The molecule has 6 nitrogen and oxygen atoms in total. The van der Waals surface area contributed by atoms with Crippen LogP contribution >= 0.6 is 0 Å². The lowest BCUT2D eigenvalue weighted by atomic mass is 10.1. The molecule has 0 bridgehead atoms. The molecule has 0 saturated carbocycles. The van der Waals surface area contributed by atoms with Gasteiger partial charge in [0.05, 0.1) is 18.6 Å². The zero-order valence-electron chi connectivity index (χ0n) is 17.8. The number of hydrogen-bond acceptors (Lipinski definition) is 5. The average molecular weight is 423 g/mol. The number of halogens is 1. The molecule has 3 aromatic rings. The summed E-state index contributed by atoms with van der Waals surface area (Å²) in [5, 5.41) is 4.10. The Kier molecular flexibility index (Phi) is 6.30. The zero-order chi connectivity index (χ0) is 21.8. The van der Waals surface area contributed by atoms with Gasteiger partial charge in [-0.15, -0.1) is 0 Å². The van der Waals surface area contributed by atoms with E-state index in [0.717, 1.165) is 29.7 Å². The molecule has 1 aliphatic heterocycles. The normalized spacial score (nSPS) is 17.2. The highest BCUT2D eigenvalue weighted by atomic mass is 19.1. The summed E-state index contributed by atoms with van der Waals surface area (Å²) in [6.07, 6.45) is 2.43. The minimum atomic E-state index is -0.291. The number of amides is 1. The summed E-state index contributed by atoms with van der Waals surface area (Å²) in [6.45, 7) is 5.26. The second-order valence-corrected chi connectivity index (χ2v) is 7.86. The third kappa shape index (κ3) is 4.76. The van der Waals surface area contributed by atoms with Crippen LogP contribution in [-0.2, 0) is 4.79 Å². The summed E-state index contributed by atoms with van der Waals surface area (Å²) >= 11 is 0. The Morgan fingerprint density at radius 3 is 2.65 bits per heavy atom. The van der Waals surface area contributed by atoms with Crippen molar-refractivity contribution in [1.29, 1.82) is 0 Å². The van der Waals surface area contributed by atoms with Gasteiger partial charge in [0.15, 0.2) is 0 Å². The summed E-state index contributed by atoms with van der Waals surface area (Å²) in [5.41, 5.74) is 1.72. The molecular weight excluding hydrogens is 397 g/mol. The lowest BCUT2D eigenvalue weighted by Crippen LogP contribution is -2.28. The topological polar surface area (TPSA) is 68.5 Å². The molecule has 0 spiro atoms. The van der Waals surface area contributed by atoms with E-state index in [0.29, 0.717) is 31.3 Å². The van der Waals surface area contributed by atoms with E-state index in [2.05, 4.69) is 17.1 Å². The van der Waals surface area contributed by atoms with Crippen molar-refractivity contribution < 1.29 is 18.4 Å². The Morgan fingerprint density at radius 1 is 1.19 bits per heavy atom. The van der Waals surface area contributed by atoms with Crippen molar-refractivity contribution in [3.05, 3.63) is 65.8 Å². The van der Waals surface area contributed by atoms with E-state index >= 15 is 0 Å². The highest BCUT2D eigenvalue weighted by Gasteiger charge is 2.37. The van der Waals surface area contributed by atoms with Gasteiger partial charge in [-0.3, -0.25) is 4.79 Å². The maximum atomic E-state index is 13.2. The van der Waals surface area contributed by atoms with Crippen molar-refractivity contribution in [2.75, 3.05) is 13.2 Å². The van der Waals surface area contributed by atoms with Gasteiger partial charge in [0.25, 0.3) is 0 Å². The van der Waals surface area contributed by atoms with Gasteiger partial charge < -0.3 is 14.2 Å². The number of carbonyl (C=O) groups excluding carboxylic acids is 1. The van der Waals surface area contributed by atoms with Crippen LogP contribution in [0, 0.1) is 5.82 Å². The maximum Gasteiger partial charge on any atom is 0.232 e. The number of carbonyl (C=O) groups is 1. The molecular formula is C24H26FN3O3. The molecule has 1 aromatic heterocycles. The Bertz CT molecular complexity index is 1020. The second kappa shape index (κ2) is 9.29. The average Bonchev–Trinajstić information content (AvgIpc) is 3.41. The molecule has 2 aromatic carbocycles. The second-order valence-electron chi connectivity index (χ2n) is 7.86. The van der Waals surface area contributed by atoms with Crippen molar-refractivity contribution in [1.82, 2.24) is 15.0 Å². The number of rotatable bonds is 8. The number of aromatic nitrogens is 2. The molecule has 1 fully saturated rings. The molecule has 2 unspecified atom stereocenters. The van der Waals surface area contributed by atoms with Crippen LogP contribution in [0.5, 0.6) is 5.75 Å². The summed E-state index contributed by atoms with van der Waals surface area (Å²) in [6, 6.07) is 13.7. The van der Waals surface area contributed by atoms with Crippen molar-refractivity contribution in [3.63, 3.8) is 0 Å². The zero-order valence-corrected chi connectivity index (χ0v) is 17.8. The first-order valence-corrected chi connectivity index (χ1v) is 10.7. The largest absolute Gasteiger partial charge is 0.494 e. The van der Waals surface area contributed by atoms with E-state index in [1.165, 1.54) is 12.1 Å². The number of ether oxygens (including phenoxy) is 1. The predicted octanol–water partition coefficient (Wildman–Crippen LogP) is 5.13. The van der Waals surface area contributed by atoms with Crippen LogP contribution in [0.3, 0.4) is 0 Å². The number of unbranched alkanes of at least 4 members (excludes halogenated alkanes) is 1. The third-order valence-electron chi connectivity index (χ3n) is 5.65. The van der Waals surface area contributed by atoms with Gasteiger partial charge in [0, 0.05) is 18.5 Å². The molecule has 162 valence electrons. The molecule has 1 saturated heterocycles. The highest BCUT2D eigenvalue weighted by molar-refractivity contribution is 5.80. The molecule has 2 atom stereocenters. The summed E-state index contributed by atoms with van der Waals surface area (Å²) < 4.78 is 24.4. The van der Waals surface area contributed by atoms with Gasteiger partial charge in [0.2, 0.25) is 17.6 Å². The van der Waals surface area contributed by atoms with E-state index in [-0.39, 0.29) is 23.7 Å². The number of hydrogen-bond donors (Lipinski definition) is 0. The minimum Gasteiger partial charge on any atom is -0.494 e. The third-order valence-corrected chi connectivity index (χ3v) is 5.65. The van der Waals surface area contributed by atoms with Crippen LogP contribution in [0.15, 0.2) is 53.1 Å². The molecule has 0 N–H and O–H groups in total. The van der Waals surface area contributed by atoms with Gasteiger partial charge in [-0.2, -0.15) is 4.98 Å². The van der Waals surface area contributed by atoms with E-state index in [1.54, 1.807) is 17.0 Å². The molecule has 0 aliphatic carbocycles. The summed E-state index contributed by atoms with van der Waals surface area (Å²) in [5.74, 6) is 1.34. The summed E-state index contributed by atoms with van der Waals surface area (Å²) in [7, 11) is 0. The van der Waals surface area contributed by atoms with Crippen molar-refractivity contribution >= 4 is 5.91 Å². The van der Waals surface area contributed by atoms with Crippen molar-refractivity contribution in [2.45, 2.75) is 45.1 Å². The first-order valence-electron chi connectivity index (χ1n) is 10.7. The van der Waals surface area contributed by atoms with Crippen LogP contribution < -0.4 is 4.74 Å². The minimum absolute atomic E-state index is 0.0233. The first kappa shape index (κ1) is 21.0. The Labute approximate surface area is 181 Å². The van der Waals surface area contributed by atoms with Gasteiger partial charge in [0.1, 0.15) is 11.6 Å². The standard InChI is InChI=1S/C24H26FN3O3/c1-3-4-13-30-21-11-7-18(8-12-21)23-26-24(31-27-23)19-14-22(29)28(15-19)16(2)17-5-9-20(25)10-6-17/h5-12,16,19H,3-4,13-15H2,1-2H3. The smallest absolute Gasteiger partial charge is 0.232 e. The van der Waals surface area contributed by atoms with E-state index in [1.807, 2.05) is 31.2 Å². The van der Waals surface area contributed by atoms with Gasteiger partial charge in [-0.25, -0.2) is 4.39 Å². The van der Waals surface area contributed by atoms with Crippen LogP contribution in [-0.4, -0.2) is 34.1 Å². The lowest BCUT2D eigenvalue weighted by Gasteiger charge is -2.25. The maximum absolute atomic E-state index is 13.2. The number of likely N-dealkylation sites (tertiary alicyclic amines) is 1. The quantitative estimate of drug-likeness (QED) is 0.470. The molecule has 2 heterocycles. The van der Waals surface area contributed by atoms with Crippen molar-refractivity contribution in [3.8, 4) is 17.1 Å². The number of benzene rings is 2. The fourth-order valence-corrected chi connectivity index (χ4v) is 3.75. The summed E-state index contributed by atoms with van der Waals surface area (Å²) in [4.78, 5) is 18.9. The lowest BCUT2D eigenvalue weighted by molar-refractivity contribution is -0.129. The molecule has 4 rings (SSSR count). The van der Waals surface area contributed by atoms with E-state index < -0.39 is 0 Å². The Hall–Kier alpha value is -3.22. The van der Waals surface area contributed by atoms with Gasteiger partial charge in [-0.05, 0) is 55.3 Å². The first-order chi connectivity index (χ1) is 15.0. The van der Waals surface area contributed by atoms with Crippen LogP contribution in [0.4, 0.5) is 4.39 Å². The SMILES string of the molecule is CCCCOc1ccc(-c2noc(C3CC(=O)N(C(C)c4ccc(F)cc4)C3)n2)cc1. The number of nitrogens with zero attached hydrogens (tertiary/aromatic N) is 3. The van der Waals surface area contributed by atoms with Gasteiger partial charge in [-0.1, -0.05) is 30.6 Å². The fourth-order valence-electron chi connectivity index (χ4n) is 3.75. The highest BCUT2D eigenvalue weighted by Crippen LogP contribution is 2.34.